The number of benzene rings is 1. The van der Waals surface area contributed by atoms with Crippen LogP contribution in [0.5, 0.6) is 0 Å². The topological polar surface area (TPSA) is 108 Å². The molecule has 1 aromatic carbocycles. The summed E-state index contributed by atoms with van der Waals surface area (Å²) in [6.45, 7) is 3.72. The largest absolute Gasteiger partial charge is 0.385 e. The molecule has 2 N–H and O–H groups in total. The van der Waals surface area contributed by atoms with E-state index in [1.54, 1.807) is 19.2 Å². The molecule has 9 nitrogen and oxygen atoms in total. The molecular formula is C21H26N4O5. The molecule has 2 atom stereocenters. The summed E-state index contributed by atoms with van der Waals surface area (Å²) < 4.78 is 5.23. The van der Waals surface area contributed by atoms with E-state index in [0.717, 1.165) is 36.5 Å². The molecule has 0 aromatic heterocycles. The summed E-state index contributed by atoms with van der Waals surface area (Å²) in [4.78, 5) is 53.3. The van der Waals surface area contributed by atoms with Crippen molar-refractivity contribution in [3.05, 3.63) is 34.9 Å². The molecule has 30 heavy (non-hydrogen) atoms. The zero-order valence-electron chi connectivity index (χ0n) is 17.0. The van der Waals surface area contributed by atoms with Crippen LogP contribution >= 0.6 is 0 Å². The van der Waals surface area contributed by atoms with Crippen LogP contribution < -0.4 is 10.6 Å². The van der Waals surface area contributed by atoms with Crippen LogP contribution in [-0.2, 0) is 20.9 Å². The Morgan fingerprint density at radius 1 is 1.17 bits per heavy atom. The number of carbonyl (C=O) groups excluding carboxylic acids is 4. The molecule has 0 spiro atoms. The normalized spacial score (nSPS) is 24.9. The summed E-state index contributed by atoms with van der Waals surface area (Å²) in [6, 6.07) is 4.60. The number of rotatable bonds is 6. The summed E-state index contributed by atoms with van der Waals surface area (Å²) in [7, 11) is 1.68. The van der Waals surface area contributed by atoms with Gasteiger partial charge < -0.3 is 10.1 Å². The first-order valence-electron chi connectivity index (χ1n) is 10.3. The SMILES string of the molecule is COCCC1CNCCN1Cc1cccc2c1C(=O)N(C1CCC(=O)NC1=O)C2=O. The Labute approximate surface area is 174 Å². The van der Waals surface area contributed by atoms with Crippen LogP contribution in [0.25, 0.3) is 0 Å². The van der Waals surface area contributed by atoms with Gasteiger partial charge in [-0.05, 0) is 24.5 Å². The van der Waals surface area contributed by atoms with Crippen LogP contribution in [0.15, 0.2) is 18.2 Å². The standard InChI is InChI=1S/C21H26N4O5/c1-30-10-7-14-11-22-8-9-24(14)12-13-3-2-4-15-18(13)21(29)25(20(15)28)16-5-6-17(26)23-19(16)27/h2-4,14,16,22H,5-12H2,1H3,(H,23,26,27). The highest BCUT2D eigenvalue weighted by atomic mass is 16.5. The molecule has 2 saturated heterocycles. The van der Waals surface area contributed by atoms with Crippen LogP contribution in [0.3, 0.4) is 0 Å². The van der Waals surface area contributed by atoms with Crippen LogP contribution in [0.1, 0.15) is 45.5 Å². The highest BCUT2D eigenvalue weighted by molar-refractivity contribution is 6.24. The van der Waals surface area contributed by atoms with Crippen molar-refractivity contribution in [3.8, 4) is 0 Å². The van der Waals surface area contributed by atoms with E-state index in [2.05, 4.69) is 15.5 Å². The Balaban J connectivity index is 1.58. The molecule has 2 fully saturated rings. The Kier molecular flexibility index (Phi) is 5.94. The zero-order valence-corrected chi connectivity index (χ0v) is 17.0. The van der Waals surface area contributed by atoms with Gasteiger partial charge in [-0.2, -0.15) is 0 Å². The van der Waals surface area contributed by atoms with Gasteiger partial charge in [-0.25, -0.2) is 0 Å². The van der Waals surface area contributed by atoms with Gasteiger partial charge in [0.05, 0.1) is 11.1 Å². The lowest BCUT2D eigenvalue weighted by Crippen LogP contribution is -2.54. The first kappa shape index (κ1) is 20.6. The highest BCUT2D eigenvalue weighted by Crippen LogP contribution is 2.31. The van der Waals surface area contributed by atoms with Crippen molar-refractivity contribution in [3.63, 3.8) is 0 Å². The van der Waals surface area contributed by atoms with E-state index >= 15 is 0 Å². The third kappa shape index (κ3) is 3.76. The molecular weight excluding hydrogens is 388 g/mol. The van der Waals surface area contributed by atoms with Gasteiger partial charge in [-0.1, -0.05) is 12.1 Å². The lowest BCUT2D eigenvalue weighted by atomic mass is 10.0. The van der Waals surface area contributed by atoms with E-state index in [9.17, 15) is 19.2 Å². The Morgan fingerprint density at radius 3 is 2.77 bits per heavy atom. The third-order valence-electron chi connectivity index (χ3n) is 6.06. The van der Waals surface area contributed by atoms with E-state index in [0.29, 0.717) is 24.3 Å². The number of ether oxygens (including phenoxy) is 1. The average molecular weight is 414 g/mol. The minimum absolute atomic E-state index is 0.110. The molecule has 3 heterocycles. The number of amides is 4. The second-order valence-electron chi connectivity index (χ2n) is 7.90. The van der Waals surface area contributed by atoms with Crippen LogP contribution in [0.2, 0.25) is 0 Å². The molecule has 0 saturated carbocycles. The molecule has 2 unspecified atom stereocenters. The minimum Gasteiger partial charge on any atom is -0.385 e. The first-order valence-corrected chi connectivity index (χ1v) is 10.3. The quantitative estimate of drug-likeness (QED) is 0.626. The molecule has 0 bridgehead atoms. The highest BCUT2D eigenvalue weighted by Gasteiger charge is 2.45. The van der Waals surface area contributed by atoms with E-state index in [4.69, 9.17) is 4.74 Å². The fourth-order valence-corrected chi connectivity index (χ4v) is 4.49. The fourth-order valence-electron chi connectivity index (χ4n) is 4.49. The van der Waals surface area contributed by atoms with Crippen molar-refractivity contribution in [1.82, 2.24) is 20.4 Å². The van der Waals surface area contributed by atoms with Crippen molar-refractivity contribution in [1.29, 1.82) is 0 Å². The smallest absolute Gasteiger partial charge is 0.262 e. The van der Waals surface area contributed by atoms with Gasteiger partial charge in [-0.3, -0.25) is 34.3 Å². The van der Waals surface area contributed by atoms with Crippen LogP contribution in [0, 0.1) is 0 Å². The molecule has 3 aliphatic heterocycles. The van der Waals surface area contributed by atoms with Crippen molar-refractivity contribution in [2.75, 3.05) is 33.4 Å². The second-order valence-corrected chi connectivity index (χ2v) is 7.90. The molecule has 4 rings (SSSR count). The van der Waals surface area contributed by atoms with E-state index in [1.165, 1.54) is 0 Å². The lowest BCUT2D eigenvalue weighted by Gasteiger charge is -2.36. The summed E-state index contributed by atoms with van der Waals surface area (Å²) in [5, 5.41) is 5.62. The summed E-state index contributed by atoms with van der Waals surface area (Å²) >= 11 is 0. The molecule has 160 valence electrons. The molecule has 9 heteroatoms. The van der Waals surface area contributed by atoms with Gasteiger partial charge in [-0.15, -0.1) is 0 Å². The van der Waals surface area contributed by atoms with Gasteiger partial charge in [0.25, 0.3) is 11.8 Å². The van der Waals surface area contributed by atoms with Gasteiger partial charge in [0.15, 0.2) is 0 Å². The van der Waals surface area contributed by atoms with Gasteiger partial charge in [0.1, 0.15) is 6.04 Å². The molecule has 0 aliphatic carbocycles. The predicted molar refractivity (Wildman–Crippen MR) is 107 cm³/mol. The number of carbonyl (C=O) groups is 4. The third-order valence-corrected chi connectivity index (χ3v) is 6.06. The maximum Gasteiger partial charge on any atom is 0.262 e. The first-order chi connectivity index (χ1) is 14.5. The number of methoxy groups -OCH3 is 1. The molecule has 1 aromatic rings. The molecule has 3 aliphatic rings. The van der Waals surface area contributed by atoms with Crippen molar-refractivity contribution >= 4 is 23.6 Å². The number of piperazine rings is 1. The second kappa shape index (κ2) is 8.63. The lowest BCUT2D eigenvalue weighted by molar-refractivity contribution is -0.136. The van der Waals surface area contributed by atoms with Crippen molar-refractivity contribution in [2.24, 2.45) is 0 Å². The predicted octanol–water partition coefficient (Wildman–Crippen LogP) is -0.102. The maximum absolute atomic E-state index is 13.2. The number of hydrogen-bond donors (Lipinski definition) is 2. The summed E-state index contributed by atoms with van der Waals surface area (Å²) in [6.07, 6.45) is 1.13. The zero-order chi connectivity index (χ0) is 21.3. The van der Waals surface area contributed by atoms with E-state index < -0.39 is 23.8 Å². The molecule has 4 amide bonds. The van der Waals surface area contributed by atoms with E-state index in [-0.39, 0.29) is 24.8 Å². The number of nitrogens with zero attached hydrogens (tertiary/aromatic N) is 2. The number of nitrogens with one attached hydrogen (secondary N) is 2. The van der Waals surface area contributed by atoms with Gasteiger partial charge in [0, 0.05) is 52.4 Å². The molecule has 0 radical (unpaired) electrons. The Morgan fingerprint density at radius 2 is 2.00 bits per heavy atom. The maximum atomic E-state index is 13.2. The summed E-state index contributed by atoms with van der Waals surface area (Å²) in [5.74, 6) is -1.90. The van der Waals surface area contributed by atoms with Gasteiger partial charge in [0.2, 0.25) is 11.8 Å². The number of fused-ring (bicyclic) bond motifs is 1. The Hall–Kier alpha value is -2.62. The number of imide groups is 2. The van der Waals surface area contributed by atoms with Gasteiger partial charge >= 0.3 is 0 Å². The van der Waals surface area contributed by atoms with Crippen LogP contribution in [-0.4, -0.2) is 78.9 Å². The Bertz CT molecular complexity index is 886. The van der Waals surface area contributed by atoms with E-state index in [1.807, 2.05) is 6.07 Å². The van der Waals surface area contributed by atoms with Crippen molar-refractivity contribution < 1.29 is 23.9 Å². The number of piperidine rings is 1. The summed E-state index contributed by atoms with van der Waals surface area (Å²) in [5.41, 5.74) is 1.48. The van der Waals surface area contributed by atoms with Crippen molar-refractivity contribution in [2.45, 2.75) is 37.9 Å². The number of hydrogen-bond acceptors (Lipinski definition) is 7. The minimum atomic E-state index is -0.948. The average Bonchev–Trinajstić information content (AvgIpc) is 2.99. The van der Waals surface area contributed by atoms with Crippen LogP contribution in [0.4, 0.5) is 0 Å². The fraction of sp³-hybridized carbons (Fsp3) is 0.524. The monoisotopic (exact) mass is 414 g/mol.